The average molecular weight is 334 g/mol. The molecule has 1 unspecified atom stereocenters. The number of hydrogen-bond acceptors (Lipinski definition) is 3. The Morgan fingerprint density at radius 1 is 1.12 bits per heavy atom. The molecule has 1 aromatic rings. The van der Waals surface area contributed by atoms with Gasteiger partial charge in [0.15, 0.2) is 0 Å². The molecular formula is C19H30N2O3. The second-order valence-corrected chi connectivity index (χ2v) is 6.22. The van der Waals surface area contributed by atoms with Gasteiger partial charge in [-0.15, -0.1) is 0 Å². The van der Waals surface area contributed by atoms with Crippen LogP contribution in [0.3, 0.4) is 0 Å². The zero-order valence-electron chi connectivity index (χ0n) is 15.5. The van der Waals surface area contributed by atoms with Crippen molar-refractivity contribution in [3.05, 3.63) is 29.8 Å². The summed E-state index contributed by atoms with van der Waals surface area (Å²) < 4.78 is 5.24. The zero-order valence-corrected chi connectivity index (χ0v) is 15.5. The van der Waals surface area contributed by atoms with Gasteiger partial charge < -0.3 is 15.0 Å². The van der Waals surface area contributed by atoms with E-state index in [1.54, 1.807) is 18.2 Å². The van der Waals surface area contributed by atoms with E-state index in [2.05, 4.69) is 5.32 Å². The SMILES string of the molecule is CCCN(CCC)C(=O)C(NC(=O)c1ccccc1OC)C(C)C. The van der Waals surface area contributed by atoms with E-state index in [-0.39, 0.29) is 17.7 Å². The van der Waals surface area contributed by atoms with Gasteiger partial charge in [-0.1, -0.05) is 39.8 Å². The molecular weight excluding hydrogens is 304 g/mol. The van der Waals surface area contributed by atoms with Gasteiger partial charge >= 0.3 is 0 Å². The van der Waals surface area contributed by atoms with E-state index in [0.717, 1.165) is 12.8 Å². The third-order valence-electron chi connectivity index (χ3n) is 3.87. The first kappa shape index (κ1) is 20.0. The molecule has 1 aromatic carbocycles. The molecule has 5 nitrogen and oxygen atoms in total. The third kappa shape index (κ3) is 5.25. The van der Waals surface area contributed by atoms with E-state index in [1.165, 1.54) is 7.11 Å². The first-order valence-electron chi connectivity index (χ1n) is 8.68. The van der Waals surface area contributed by atoms with E-state index in [9.17, 15) is 9.59 Å². The van der Waals surface area contributed by atoms with Crippen LogP contribution in [0.2, 0.25) is 0 Å². The minimum atomic E-state index is -0.541. The molecule has 2 amide bonds. The van der Waals surface area contributed by atoms with Crippen LogP contribution < -0.4 is 10.1 Å². The van der Waals surface area contributed by atoms with Gasteiger partial charge in [-0.05, 0) is 30.9 Å². The summed E-state index contributed by atoms with van der Waals surface area (Å²) >= 11 is 0. The van der Waals surface area contributed by atoms with Crippen molar-refractivity contribution in [2.75, 3.05) is 20.2 Å². The maximum atomic E-state index is 12.9. The Balaban J connectivity index is 2.96. The monoisotopic (exact) mass is 334 g/mol. The van der Waals surface area contributed by atoms with Crippen LogP contribution >= 0.6 is 0 Å². The van der Waals surface area contributed by atoms with Gasteiger partial charge in [-0.2, -0.15) is 0 Å². The molecule has 0 radical (unpaired) electrons. The highest BCUT2D eigenvalue weighted by molar-refractivity contribution is 5.99. The van der Waals surface area contributed by atoms with Crippen LogP contribution in [0, 0.1) is 5.92 Å². The van der Waals surface area contributed by atoms with Gasteiger partial charge in [0.2, 0.25) is 5.91 Å². The summed E-state index contributed by atoms with van der Waals surface area (Å²) in [6, 6.07) is 6.49. The molecule has 24 heavy (non-hydrogen) atoms. The Morgan fingerprint density at radius 3 is 2.21 bits per heavy atom. The van der Waals surface area contributed by atoms with Crippen molar-refractivity contribution in [1.29, 1.82) is 0 Å². The van der Waals surface area contributed by atoms with Crippen LogP contribution in [0.4, 0.5) is 0 Å². The summed E-state index contributed by atoms with van der Waals surface area (Å²) in [5, 5.41) is 2.89. The minimum Gasteiger partial charge on any atom is -0.496 e. The number of hydrogen-bond donors (Lipinski definition) is 1. The van der Waals surface area contributed by atoms with Gasteiger partial charge in [0.1, 0.15) is 11.8 Å². The van der Waals surface area contributed by atoms with Crippen molar-refractivity contribution < 1.29 is 14.3 Å². The van der Waals surface area contributed by atoms with Gasteiger partial charge in [0, 0.05) is 13.1 Å². The van der Waals surface area contributed by atoms with E-state index in [1.807, 2.05) is 38.7 Å². The molecule has 0 bridgehead atoms. The van der Waals surface area contributed by atoms with Gasteiger partial charge in [0.25, 0.3) is 5.91 Å². The summed E-state index contributed by atoms with van der Waals surface area (Å²) in [5.41, 5.74) is 0.441. The molecule has 0 aliphatic rings. The molecule has 1 rings (SSSR count). The van der Waals surface area contributed by atoms with Crippen molar-refractivity contribution >= 4 is 11.8 Å². The van der Waals surface area contributed by atoms with Crippen molar-refractivity contribution in [1.82, 2.24) is 10.2 Å². The lowest BCUT2D eigenvalue weighted by atomic mass is 10.0. The fraction of sp³-hybridized carbons (Fsp3) is 0.579. The summed E-state index contributed by atoms with van der Waals surface area (Å²) in [6.45, 7) is 9.41. The Labute approximate surface area is 145 Å². The highest BCUT2D eigenvalue weighted by Gasteiger charge is 2.29. The third-order valence-corrected chi connectivity index (χ3v) is 3.87. The van der Waals surface area contributed by atoms with Crippen molar-refractivity contribution in [2.24, 2.45) is 5.92 Å². The molecule has 1 N–H and O–H groups in total. The van der Waals surface area contributed by atoms with E-state index < -0.39 is 6.04 Å². The molecule has 1 atom stereocenters. The van der Waals surface area contributed by atoms with Crippen LogP contribution in [0.25, 0.3) is 0 Å². The zero-order chi connectivity index (χ0) is 18.1. The van der Waals surface area contributed by atoms with Gasteiger partial charge in [-0.25, -0.2) is 0 Å². The topological polar surface area (TPSA) is 58.6 Å². The van der Waals surface area contributed by atoms with E-state index in [4.69, 9.17) is 4.74 Å². The number of carbonyl (C=O) groups is 2. The number of nitrogens with one attached hydrogen (secondary N) is 1. The normalized spacial score (nSPS) is 11.9. The van der Waals surface area contributed by atoms with Crippen LogP contribution in [0.5, 0.6) is 5.75 Å². The van der Waals surface area contributed by atoms with Crippen molar-refractivity contribution in [2.45, 2.75) is 46.6 Å². The Morgan fingerprint density at radius 2 is 1.71 bits per heavy atom. The lowest BCUT2D eigenvalue weighted by Crippen LogP contribution is -2.51. The molecule has 0 aliphatic heterocycles. The van der Waals surface area contributed by atoms with Gasteiger partial charge in [0.05, 0.1) is 12.7 Å². The quantitative estimate of drug-likeness (QED) is 0.755. The number of rotatable bonds is 9. The number of methoxy groups -OCH3 is 1. The van der Waals surface area contributed by atoms with E-state index in [0.29, 0.717) is 24.4 Å². The molecule has 0 saturated heterocycles. The second kappa shape index (κ2) is 9.96. The number of carbonyl (C=O) groups excluding carboxylic acids is 2. The maximum Gasteiger partial charge on any atom is 0.255 e. The Hall–Kier alpha value is -2.04. The number of nitrogens with zero attached hydrogens (tertiary/aromatic N) is 1. The van der Waals surface area contributed by atoms with Crippen LogP contribution in [-0.4, -0.2) is 43.0 Å². The largest absolute Gasteiger partial charge is 0.496 e. The summed E-state index contributed by atoms with van der Waals surface area (Å²) in [5.74, 6) is 0.209. The van der Waals surface area contributed by atoms with Crippen molar-refractivity contribution in [3.8, 4) is 5.75 Å². The minimum absolute atomic E-state index is 0.00682. The molecule has 0 aromatic heterocycles. The molecule has 0 spiro atoms. The molecule has 0 saturated carbocycles. The number of ether oxygens (including phenoxy) is 1. The summed E-state index contributed by atoms with van der Waals surface area (Å²) in [7, 11) is 1.53. The average Bonchev–Trinajstić information content (AvgIpc) is 2.58. The van der Waals surface area contributed by atoms with Crippen LogP contribution in [-0.2, 0) is 4.79 Å². The summed E-state index contributed by atoms with van der Waals surface area (Å²) in [4.78, 5) is 27.3. The lowest BCUT2D eigenvalue weighted by molar-refractivity contribution is -0.134. The molecule has 134 valence electrons. The smallest absolute Gasteiger partial charge is 0.255 e. The molecule has 5 heteroatoms. The fourth-order valence-corrected chi connectivity index (χ4v) is 2.63. The number of amides is 2. The maximum absolute atomic E-state index is 12.9. The van der Waals surface area contributed by atoms with Gasteiger partial charge in [-0.3, -0.25) is 9.59 Å². The molecule has 0 aliphatic carbocycles. The standard InChI is InChI=1S/C19H30N2O3/c1-6-12-21(13-7-2)19(23)17(14(3)4)20-18(22)15-10-8-9-11-16(15)24-5/h8-11,14,17H,6-7,12-13H2,1-5H3,(H,20,22). The van der Waals surface area contributed by atoms with Crippen molar-refractivity contribution in [3.63, 3.8) is 0 Å². The summed E-state index contributed by atoms with van der Waals surface area (Å²) in [6.07, 6.45) is 1.80. The molecule has 0 fully saturated rings. The lowest BCUT2D eigenvalue weighted by Gasteiger charge is -2.29. The second-order valence-electron chi connectivity index (χ2n) is 6.22. The Kier molecular flexibility index (Phi) is 8.30. The highest BCUT2D eigenvalue weighted by atomic mass is 16.5. The van der Waals surface area contributed by atoms with Crippen LogP contribution in [0.15, 0.2) is 24.3 Å². The number of para-hydroxylation sites is 1. The number of benzene rings is 1. The fourth-order valence-electron chi connectivity index (χ4n) is 2.63. The predicted molar refractivity (Wildman–Crippen MR) is 96.2 cm³/mol. The predicted octanol–water partition coefficient (Wildman–Crippen LogP) is 3.10. The Bertz CT molecular complexity index is 537. The first-order chi connectivity index (χ1) is 11.5. The molecule has 0 heterocycles. The first-order valence-corrected chi connectivity index (χ1v) is 8.68. The van der Waals surface area contributed by atoms with E-state index >= 15 is 0 Å². The van der Waals surface area contributed by atoms with Crippen LogP contribution in [0.1, 0.15) is 50.9 Å². The highest BCUT2D eigenvalue weighted by Crippen LogP contribution is 2.18.